The van der Waals surface area contributed by atoms with Gasteiger partial charge in [0.05, 0.1) is 7.11 Å². The van der Waals surface area contributed by atoms with E-state index < -0.39 is 6.04 Å². The molecule has 0 aliphatic heterocycles. The molecule has 2 amide bonds. The second-order valence-corrected chi connectivity index (χ2v) is 9.84. The molecule has 34 heavy (non-hydrogen) atoms. The summed E-state index contributed by atoms with van der Waals surface area (Å²) in [7, 11) is 1.62. The highest BCUT2D eigenvalue weighted by Crippen LogP contribution is 2.26. The van der Waals surface area contributed by atoms with Gasteiger partial charge in [-0.05, 0) is 74.6 Å². The fraction of sp³-hybridized carbons (Fsp3) is 0.481. The Labute approximate surface area is 211 Å². The van der Waals surface area contributed by atoms with Crippen LogP contribution in [-0.2, 0) is 16.1 Å². The molecule has 0 heterocycles. The number of carbonyl (C=O) groups excluding carboxylic acids is 2. The van der Waals surface area contributed by atoms with Crippen LogP contribution in [-0.4, -0.2) is 42.5 Å². The van der Waals surface area contributed by atoms with Gasteiger partial charge in [0, 0.05) is 17.1 Å². The van der Waals surface area contributed by atoms with Crippen LogP contribution >= 0.6 is 15.9 Å². The lowest BCUT2D eigenvalue weighted by Gasteiger charge is -2.31. The predicted molar refractivity (Wildman–Crippen MR) is 137 cm³/mol. The number of nitrogens with one attached hydrogen (secondary N) is 1. The fourth-order valence-corrected chi connectivity index (χ4v) is 4.53. The van der Waals surface area contributed by atoms with Crippen LogP contribution < -0.4 is 14.8 Å². The van der Waals surface area contributed by atoms with Crippen molar-refractivity contribution < 1.29 is 19.1 Å². The van der Waals surface area contributed by atoms with E-state index >= 15 is 0 Å². The van der Waals surface area contributed by atoms with E-state index in [9.17, 15) is 9.59 Å². The summed E-state index contributed by atoms with van der Waals surface area (Å²) in [5.41, 5.74) is 3.00. The normalized spacial score (nSPS) is 14.9. The van der Waals surface area contributed by atoms with Crippen LogP contribution in [0.25, 0.3) is 0 Å². The summed E-state index contributed by atoms with van der Waals surface area (Å²) >= 11 is 3.56. The minimum atomic E-state index is -0.617. The van der Waals surface area contributed by atoms with Gasteiger partial charge in [-0.2, -0.15) is 0 Å². The first-order valence-electron chi connectivity index (χ1n) is 11.9. The van der Waals surface area contributed by atoms with Crippen molar-refractivity contribution in [3.63, 3.8) is 0 Å². The predicted octanol–water partition coefficient (Wildman–Crippen LogP) is 5.32. The van der Waals surface area contributed by atoms with E-state index in [0.29, 0.717) is 12.3 Å². The van der Waals surface area contributed by atoms with Crippen LogP contribution in [0.2, 0.25) is 0 Å². The van der Waals surface area contributed by atoms with Crippen molar-refractivity contribution >= 4 is 27.7 Å². The third-order valence-electron chi connectivity index (χ3n) is 6.40. The Morgan fingerprint density at radius 1 is 1.06 bits per heavy atom. The molecule has 1 saturated carbocycles. The van der Waals surface area contributed by atoms with Crippen molar-refractivity contribution in [3.8, 4) is 11.5 Å². The SMILES string of the molecule is COc1ccc(CN(C(=O)COc2cc(C)c(Br)c(C)c2)[C@@H](C)C(=O)NC2CCCCC2)cc1. The molecule has 6 nitrogen and oxygen atoms in total. The second-order valence-electron chi connectivity index (χ2n) is 9.05. The molecule has 2 aromatic rings. The first kappa shape index (κ1) is 26.1. The number of benzene rings is 2. The van der Waals surface area contributed by atoms with Crippen LogP contribution in [0.5, 0.6) is 11.5 Å². The maximum absolute atomic E-state index is 13.3. The van der Waals surface area contributed by atoms with Crippen molar-refractivity contribution in [2.24, 2.45) is 0 Å². The van der Waals surface area contributed by atoms with E-state index in [0.717, 1.165) is 52.6 Å². The Morgan fingerprint density at radius 3 is 2.26 bits per heavy atom. The molecule has 0 aromatic heterocycles. The van der Waals surface area contributed by atoms with E-state index in [1.165, 1.54) is 6.42 Å². The van der Waals surface area contributed by atoms with Crippen LogP contribution in [0, 0.1) is 13.8 Å². The van der Waals surface area contributed by atoms with Gasteiger partial charge < -0.3 is 19.7 Å². The molecule has 0 radical (unpaired) electrons. The fourth-order valence-electron chi connectivity index (χ4n) is 4.30. The Balaban J connectivity index is 1.73. The third-order valence-corrected chi connectivity index (χ3v) is 7.65. The number of methoxy groups -OCH3 is 1. The topological polar surface area (TPSA) is 67.9 Å². The van der Waals surface area contributed by atoms with E-state index in [-0.39, 0.29) is 24.5 Å². The molecule has 3 rings (SSSR count). The molecule has 1 aliphatic rings. The standard InChI is InChI=1S/C27H35BrN2O4/c1-18-14-24(15-19(2)26(18)28)34-17-25(31)30(16-21-10-12-23(33-4)13-11-21)20(3)27(32)29-22-8-6-5-7-9-22/h10-15,20,22H,5-9,16-17H2,1-4H3,(H,29,32)/t20-/m0/s1. The summed E-state index contributed by atoms with van der Waals surface area (Å²) in [5.74, 6) is 1.02. The van der Waals surface area contributed by atoms with E-state index in [1.807, 2.05) is 50.2 Å². The third kappa shape index (κ3) is 6.98. The van der Waals surface area contributed by atoms with Crippen molar-refractivity contribution in [1.82, 2.24) is 10.2 Å². The quantitative estimate of drug-likeness (QED) is 0.476. The summed E-state index contributed by atoms with van der Waals surface area (Å²) in [6, 6.07) is 10.9. The zero-order chi connectivity index (χ0) is 24.7. The minimum Gasteiger partial charge on any atom is -0.497 e. The molecule has 0 saturated heterocycles. The van der Waals surface area contributed by atoms with Gasteiger partial charge in [0.2, 0.25) is 5.91 Å². The molecule has 1 aliphatic carbocycles. The lowest BCUT2D eigenvalue weighted by atomic mass is 9.95. The van der Waals surface area contributed by atoms with Gasteiger partial charge in [-0.3, -0.25) is 9.59 Å². The molecule has 7 heteroatoms. The number of rotatable bonds is 9. The molecule has 1 atom stereocenters. The number of ether oxygens (including phenoxy) is 2. The molecule has 0 spiro atoms. The number of aryl methyl sites for hydroxylation is 2. The van der Waals surface area contributed by atoms with Gasteiger partial charge in [-0.1, -0.05) is 47.3 Å². The Hall–Kier alpha value is -2.54. The average Bonchev–Trinajstić information content (AvgIpc) is 2.84. The van der Waals surface area contributed by atoms with Crippen LogP contribution in [0.1, 0.15) is 55.7 Å². The lowest BCUT2D eigenvalue weighted by molar-refractivity contribution is -0.142. The Bertz CT molecular complexity index is 964. The smallest absolute Gasteiger partial charge is 0.261 e. The first-order valence-corrected chi connectivity index (χ1v) is 12.7. The lowest BCUT2D eigenvalue weighted by Crippen LogP contribution is -2.51. The van der Waals surface area contributed by atoms with Crippen molar-refractivity contribution in [2.75, 3.05) is 13.7 Å². The molecule has 1 N–H and O–H groups in total. The monoisotopic (exact) mass is 530 g/mol. The van der Waals surface area contributed by atoms with Gasteiger partial charge in [-0.15, -0.1) is 0 Å². The van der Waals surface area contributed by atoms with Gasteiger partial charge in [-0.25, -0.2) is 0 Å². The maximum atomic E-state index is 13.3. The molecular formula is C27H35BrN2O4. The van der Waals surface area contributed by atoms with Crippen molar-refractivity contribution in [2.45, 2.75) is 71.5 Å². The van der Waals surface area contributed by atoms with Crippen molar-refractivity contribution in [3.05, 3.63) is 57.6 Å². The Morgan fingerprint density at radius 2 is 1.68 bits per heavy atom. The summed E-state index contributed by atoms with van der Waals surface area (Å²) in [6.07, 6.45) is 5.48. The molecule has 0 bridgehead atoms. The van der Waals surface area contributed by atoms with Gasteiger partial charge in [0.15, 0.2) is 6.61 Å². The molecule has 2 aromatic carbocycles. The summed E-state index contributed by atoms with van der Waals surface area (Å²) in [4.78, 5) is 28.0. The largest absolute Gasteiger partial charge is 0.497 e. The van der Waals surface area contributed by atoms with E-state index in [2.05, 4.69) is 21.2 Å². The maximum Gasteiger partial charge on any atom is 0.261 e. The first-order chi connectivity index (χ1) is 16.3. The number of hydrogen-bond donors (Lipinski definition) is 1. The summed E-state index contributed by atoms with van der Waals surface area (Å²) in [6.45, 7) is 5.92. The highest BCUT2D eigenvalue weighted by atomic mass is 79.9. The highest BCUT2D eigenvalue weighted by Gasteiger charge is 2.28. The number of amides is 2. The molecule has 184 valence electrons. The van der Waals surface area contributed by atoms with Gasteiger partial charge in [0.25, 0.3) is 5.91 Å². The van der Waals surface area contributed by atoms with Gasteiger partial charge >= 0.3 is 0 Å². The second kappa shape index (κ2) is 12.2. The van der Waals surface area contributed by atoms with Crippen LogP contribution in [0.4, 0.5) is 0 Å². The minimum absolute atomic E-state index is 0.121. The zero-order valence-electron chi connectivity index (χ0n) is 20.5. The van der Waals surface area contributed by atoms with Crippen LogP contribution in [0.3, 0.4) is 0 Å². The zero-order valence-corrected chi connectivity index (χ0v) is 22.1. The molecule has 1 fully saturated rings. The van der Waals surface area contributed by atoms with Crippen molar-refractivity contribution in [1.29, 1.82) is 0 Å². The average molecular weight is 531 g/mol. The highest BCUT2D eigenvalue weighted by molar-refractivity contribution is 9.10. The summed E-state index contributed by atoms with van der Waals surface area (Å²) < 4.78 is 12.1. The van der Waals surface area contributed by atoms with E-state index in [4.69, 9.17) is 9.47 Å². The van der Waals surface area contributed by atoms with E-state index in [1.54, 1.807) is 18.9 Å². The Kier molecular flexibility index (Phi) is 9.39. The molecular weight excluding hydrogens is 496 g/mol. The summed E-state index contributed by atoms with van der Waals surface area (Å²) in [5, 5.41) is 3.15. The van der Waals surface area contributed by atoms with Gasteiger partial charge in [0.1, 0.15) is 17.5 Å². The number of hydrogen-bond acceptors (Lipinski definition) is 4. The number of carbonyl (C=O) groups is 2. The van der Waals surface area contributed by atoms with Crippen LogP contribution in [0.15, 0.2) is 40.9 Å². The molecule has 0 unspecified atom stereocenters. The number of halogens is 1. The number of nitrogens with zero attached hydrogens (tertiary/aromatic N) is 1.